The first kappa shape index (κ1) is 16.8. The predicted octanol–water partition coefficient (Wildman–Crippen LogP) is 2.65. The number of carbonyl (C=O) groups excluding carboxylic acids is 1. The number of rotatable bonds is 5. The Morgan fingerprint density at radius 3 is 2.69 bits per heavy atom. The van der Waals surface area contributed by atoms with E-state index in [1.165, 1.54) is 11.3 Å². The highest BCUT2D eigenvalue weighted by molar-refractivity contribution is 5.73. The zero-order chi connectivity index (χ0) is 17.9. The van der Waals surface area contributed by atoms with Gasteiger partial charge in [0.15, 0.2) is 0 Å². The molecule has 1 aromatic carbocycles. The summed E-state index contributed by atoms with van der Waals surface area (Å²) >= 11 is 0. The molecule has 136 valence electrons. The van der Waals surface area contributed by atoms with Crippen molar-refractivity contribution in [3.63, 3.8) is 0 Å². The van der Waals surface area contributed by atoms with Crippen LogP contribution in [0.2, 0.25) is 0 Å². The van der Waals surface area contributed by atoms with Crippen LogP contribution >= 0.6 is 0 Å². The highest BCUT2D eigenvalue weighted by atomic mass is 16.1. The highest BCUT2D eigenvalue weighted by Crippen LogP contribution is 2.34. The van der Waals surface area contributed by atoms with Crippen LogP contribution in [0.25, 0.3) is 0 Å². The Labute approximate surface area is 154 Å². The number of piperidine rings is 1. The number of primary amides is 1. The lowest BCUT2D eigenvalue weighted by Gasteiger charge is -2.33. The molecule has 2 aromatic rings. The number of carbonyl (C=O) groups is 1. The van der Waals surface area contributed by atoms with Crippen LogP contribution in [0.1, 0.15) is 31.2 Å². The van der Waals surface area contributed by atoms with E-state index in [9.17, 15) is 4.79 Å². The van der Waals surface area contributed by atoms with Crippen LogP contribution < -0.4 is 15.5 Å². The molecule has 0 bridgehead atoms. The number of aromatic nitrogens is 2. The molecular formula is C20H25N5O. The van der Waals surface area contributed by atoms with Crippen molar-refractivity contribution in [2.24, 2.45) is 11.7 Å². The predicted molar refractivity (Wildman–Crippen MR) is 103 cm³/mol. The molecule has 0 atom stereocenters. The Hall–Kier alpha value is -2.63. The fraction of sp³-hybridized carbons (Fsp3) is 0.450. The van der Waals surface area contributed by atoms with Crippen molar-refractivity contribution in [1.82, 2.24) is 9.97 Å². The van der Waals surface area contributed by atoms with Gasteiger partial charge in [-0.1, -0.05) is 18.2 Å². The number of amides is 1. The summed E-state index contributed by atoms with van der Waals surface area (Å²) in [5.41, 5.74) is 7.90. The third kappa shape index (κ3) is 3.49. The van der Waals surface area contributed by atoms with E-state index in [0.29, 0.717) is 12.3 Å². The van der Waals surface area contributed by atoms with Gasteiger partial charge in [-0.05, 0) is 43.2 Å². The number of benzene rings is 1. The minimum atomic E-state index is -0.196. The van der Waals surface area contributed by atoms with Crippen molar-refractivity contribution in [2.45, 2.75) is 32.1 Å². The molecule has 2 aliphatic heterocycles. The highest BCUT2D eigenvalue weighted by Gasteiger charge is 2.24. The van der Waals surface area contributed by atoms with Crippen molar-refractivity contribution >= 4 is 23.2 Å². The van der Waals surface area contributed by atoms with E-state index < -0.39 is 0 Å². The maximum Gasteiger partial charge on any atom is 0.217 e. The summed E-state index contributed by atoms with van der Waals surface area (Å²) < 4.78 is 0. The smallest absolute Gasteiger partial charge is 0.217 e. The maximum absolute atomic E-state index is 11.0. The topological polar surface area (TPSA) is 75.4 Å². The lowest BCUT2D eigenvalue weighted by Crippen LogP contribution is -2.34. The third-order valence-electron chi connectivity index (χ3n) is 5.54. The van der Waals surface area contributed by atoms with E-state index in [-0.39, 0.29) is 5.91 Å². The lowest BCUT2D eigenvalue weighted by molar-refractivity contribution is -0.118. The first-order chi connectivity index (χ1) is 12.7. The Morgan fingerprint density at radius 1 is 1.12 bits per heavy atom. The second kappa shape index (κ2) is 7.32. The van der Waals surface area contributed by atoms with Crippen LogP contribution in [0.5, 0.6) is 0 Å². The van der Waals surface area contributed by atoms with E-state index >= 15 is 0 Å². The van der Waals surface area contributed by atoms with E-state index in [4.69, 9.17) is 5.73 Å². The Bertz CT molecular complexity index is 785. The molecule has 26 heavy (non-hydrogen) atoms. The van der Waals surface area contributed by atoms with Crippen LogP contribution in [0.3, 0.4) is 0 Å². The summed E-state index contributed by atoms with van der Waals surface area (Å²) in [7, 11) is 0. The number of hydrogen-bond donors (Lipinski definition) is 1. The van der Waals surface area contributed by atoms with Crippen molar-refractivity contribution < 1.29 is 4.79 Å². The summed E-state index contributed by atoms with van der Waals surface area (Å²) in [6.45, 7) is 2.90. The minimum absolute atomic E-state index is 0.196. The monoisotopic (exact) mass is 351 g/mol. The largest absolute Gasteiger partial charge is 0.370 e. The van der Waals surface area contributed by atoms with Gasteiger partial charge in [0.25, 0.3) is 0 Å². The van der Waals surface area contributed by atoms with Crippen LogP contribution in [-0.4, -0.2) is 35.5 Å². The van der Waals surface area contributed by atoms with E-state index in [1.54, 1.807) is 6.33 Å². The normalized spacial score (nSPS) is 17.4. The molecule has 3 heterocycles. The van der Waals surface area contributed by atoms with Crippen molar-refractivity contribution in [3.8, 4) is 0 Å². The number of fused-ring (bicyclic) bond motifs is 1. The van der Waals surface area contributed by atoms with Gasteiger partial charge < -0.3 is 15.5 Å². The quantitative estimate of drug-likeness (QED) is 0.896. The number of anilines is 3. The number of hydrogen-bond acceptors (Lipinski definition) is 5. The third-order valence-corrected chi connectivity index (χ3v) is 5.54. The van der Waals surface area contributed by atoms with E-state index in [0.717, 1.165) is 57.0 Å². The van der Waals surface area contributed by atoms with Crippen LogP contribution in [0.15, 0.2) is 36.7 Å². The molecule has 1 amide bonds. The maximum atomic E-state index is 11.0. The van der Waals surface area contributed by atoms with Crippen molar-refractivity contribution in [3.05, 3.63) is 42.2 Å². The molecule has 0 saturated carbocycles. The summed E-state index contributed by atoms with van der Waals surface area (Å²) in [6, 6.07) is 10.6. The van der Waals surface area contributed by atoms with E-state index in [1.807, 2.05) is 0 Å². The number of para-hydroxylation sites is 1. The second-order valence-corrected chi connectivity index (χ2v) is 7.20. The van der Waals surface area contributed by atoms with Gasteiger partial charge in [-0.3, -0.25) is 4.79 Å². The second-order valence-electron chi connectivity index (χ2n) is 7.20. The van der Waals surface area contributed by atoms with Gasteiger partial charge in [0.05, 0.1) is 0 Å². The molecule has 0 radical (unpaired) electrons. The average Bonchev–Trinajstić information content (AvgIpc) is 3.11. The molecule has 2 N–H and O–H groups in total. The molecule has 1 aromatic heterocycles. The Balaban J connectivity index is 1.44. The summed E-state index contributed by atoms with van der Waals surface area (Å²) in [5.74, 6) is 2.35. The zero-order valence-electron chi connectivity index (χ0n) is 15.0. The van der Waals surface area contributed by atoms with Crippen molar-refractivity contribution in [1.29, 1.82) is 0 Å². The Morgan fingerprint density at radius 2 is 1.88 bits per heavy atom. The zero-order valence-corrected chi connectivity index (χ0v) is 15.0. The van der Waals surface area contributed by atoms with E-state index in [2.05, 4.69) is 50.1 Å². The van der Waals surface area contributed by atoms with Gasteiger partial charge in [0, 0.05) is 37.8 Å². The molecule has 0 aliphatic carbocycles. The molecule has 0 spiro atoms. The molecule has 4 rings (SSSR count). The summed E-state index contributed by atoms with van der Waals surface area (Å²) in [4.78, 5) is 24.6. The van der Waals surface area contributed by atoms with Gasteiger partial charge in [-0.2, -0.15) is 0 Å². The summed E-state index contributed by atoms with van der Waals surface area (Å²) in [5, 5.41) is 0. The number of nitrogens with two attached hydrogens (primary N) is 1. The van der Waals surface area contributed by atoms with Gasteiger partial charge in [-0.25, -0.2) is 9.97 Å². The fourth-order valence-electron chi connectivity index (χ4n) is 4.03. The van der Waals surface area contributed by atoms with Crippen LogP contribution in [-0.2, 0) is 11.2 Å². The van der Waals surface area contributed by atoms with Gasteiger partial charge in [0.2, 0.25) is 5.91 Å². The Kier molecular flexibility index (Phi) is 4.73. The summed E-state index contributed by atoms with van der Waals surface area (Å²) in [6.07, 6.45) is 6.29. The van der Waals surface area contributed by atoms with Crippen molar-refractivity contribution in [2.75, 3.05) is 29.4 Å². The van der Waals surface area contributed by atoms with Gasteiger partial charge in [-0.15, -0.1) is 0 Å². The van der Waals surface area contributed by atoms with Crippen LogP contribution in [0.4, 0.5) is 17.3 Å². The van der Waals surface area contributed by atoms with Gasteiger partial charge in [0.1, 0.15) is 18.0 Å². The molecule has 2 aliphatic rings. The lowest BCUT2D eigenvalue weighted by atomic mass is 9.92. The molecular weight excluding hydrogens is 326 g/mol. The minimum Gasteiger partial charge on any atom is -0.370 e. The van der Waals surface area contributed by atoms with Crippen LogP contribution in [0, 0.1) is 5.92 Å². The first-order valence-corrected chi connectivity index (χ1v) is 9.41. The molecule has 1 saturated heterocycles. The first-order valence-electron chi connectivity index (χ1n) is 9.41. The van der Waals surface area contributed by atoms with Gasteiger partial charge >= 0.3 is 0 Å². The molecule has 0 unspecified atom stereocenters. The fourth-order valence-corrected chi connectivity index (χ4v) is 4.03. The SMILES string of the molecule is NC(=O)CCC1CCN(c2cc(N3CCc4ccccc43)ncn2)CC1. The molecule has 6 nitrogen and oxygen atoms in total. The standard InChI is InChI=1S/C20H25N5O/c21-18(26)6-5-15-7-10-24(11-8-15)19-13-20(23-14-22-19)25-12-9-16-3-1-2-4-17(16)25/h1-4,13-15H,5-12H2,(H2,21,26). The molecule has 6 heteroatoms. The average molecular weight is 351 g/mol. The molecule has 1 fully saturated rings. The number of nitrogens with zero attached hydrogens (tertiary/aromatic N) is 4.